The zero-order chi connectivity index (χ0) is 79.8. The van der Waals surface area contributed by atoms with Gasteiger partial charge in [-0.1, -0.05) is 35.3 Å². The Morgan fingerprint density at radius 3 is 1.17 bits per heavy atom. The molecule has 1 fully saturated rings. The van der Waals surface area contributed by atoms with Crippen LogP contribution in [-0.4, -0.2) is 87.0 Å². The van der Waals surface area contributed by atoms with Crippen LogP contribution >= 0.6 is 23.2 Å². The molecule has 15 aromatic rings. The highest BCUT2D eigenvalue weighted by Crippen LogP contribution is 2.43. The van der Waals surface area contributed by atoms with Gasteiger partial charge in [0.1, 0.15) is 62.2 Å². The zero-order valence-electron chi connectivity index (χ0n) is 63.8. The number of nitrogens with one attached hydrogen (secondary N) is 3. The number of nitriles is 4. The molecule has 0 atom stereocenters. The van der Waals surface area contributed by atoms with Gasteiger partial charge >= 0.3 is 0 Å². The van der Waals surface area contributed by atoms with E-state index in [4.69, 9.17) is 72.6 Å². The van der Waals surface area contributed by atoms with Crippen molar-refractivity contribution in [2.24, 2.45) is 21.1 Å². The Balaban J connectivity index is 0.000000142. The van der Waals surface area contributed by atoms with E-state index in [2.05, 4.69) is 87.2 Å². The maximum Gasteiger partial charge on any atom is 0.249 e. The van der Waals surface area contributed by atoms with Gasteiger partial charge in [-0.2, -0.15) is 36.0 Å². The summed E-state index contributed by atoms with van der Waals surface area (Å²) in [5.74, 6) is 5.91. The Morgan fingerprint density at radius 1 is 0.421 bits per heavy atom. The highest BCUT2D eigenvalue weighted by atomic mass is 35.5. The van der Waals surface area contributed by atoms with Crippen LogP contribution in [-0.2, 0) is 25.9 Å². The van der Waals surface area contributed by atoms with Crippen molar-refractivity contribution in [3.63, 3.8) is 0 Å². The molecule has 1 aliphatic rings. The quantitative estimate of drug-likeness (QED) is 0.0714. The van der Waals surface area contributed by atoms with Gasteiger partial charge in [0, 0.05) is 99.0 Å². The lowest BCUT2D eigenvalue weighted by Gasteiger charge is -2.29. The predicted molar refractivity (Wildman–Crippen MR) is 443 cm³/mol. The number of aromatic nitrogens is 11. The second kappa shape index (κ2) is 33.4. The van der Waals surface area contributed by atoms with Gasteiger partial charge in [0.15, 0.2) is 0 Å². The van der Waals surface area contributed by atoms with Crippen molar-refractivity contribution in [1.82, 2.24) is 53.6 Å². The third-order valence-electron chi connectivity index (χ3n) is 19.1. The second-order valence-corrected chi connectivity index (χ2v) is 27.8. The molecule has 564 valence electrons. The smallest absolute Gasteiger partial charge is 0.249 e. The number of rotatable bonds is 17. The Labute approximate surface area is 667 Å². The Morgan fingerprint density at radius 2 is 0.798 bits per heavy atom. The molecule has 0 amide bonds. The Bertz CT molecular complexity index is 6300. The second-order valence-electron chi connectivity index (χ2n) is 27.0. The van der Waals surface area contributed by atoms with Gasteiger partial charge in [-0.05, 0) is 243 Å². The molecule has 1 saturated heterocycles. The summed E-state index contributed by atoms with van der Waals surface area (Å²) in [4.78, 5) is 39.0. The number of methoxy groups -OCH3 is 1. The van der Waals surface area contributed by atoms with E-state index in [-0.39, 0.29) is 0 Å². The number of halogens is 2. The van der Waals surface area contributed by atoms with Crippen molar-refractivity contribution in [3.8, 4) is 98.3 Å². The normalized spacial score (nSPS) is 11.6. The van der Waals surface area contributed by atoms with Crippen molar-refractivity contribution in [3.05, 3.63) is 261 Å². The molecule has 0 aliphatic carbocycles. The Kier molecular flexibility index (Phi) is 22.4. The molecule has 9 heterocycles. The average molecular weight is 1550 g/mol. The number of nitrogens with zero attached hydrogens (tertiary/aromatic N) is 16. The monoisotopic (exact) mass is 1550 g/mol. The van der Waals surface area contributed by atoms with Crippen LogP contribution in [0, 0.1) is 86.9 Å². The lowest BCUT2D eigenvalue weighted by atomic mass is 9.96. The lowest BCUT2D eigenvalue weighted by Crippen LogP contribution is -2.37. The van der Waals surface area contributed by atoms with E-state index in [1.165, 1.54) is 0 Å². The van der Waals surface area contributed by atoms with Gasteiger partial charge in [-0.3, -0.25) is 0 Å². The third kappa shape index (κ3) is 16.4. The minimum atomic E-state index is 0.380. The van der Waals surface area contributed by atoms with Gasteiger partial charge in [0.05, 0.1) is 76.8 Å². The molecule has 0 unspecified atom stereocenters. The van der Waals surface area contributed by atoms with E-state index in [9.17, 15) is 5.26 Å². The summed E-state index contributed by atoms with van der Waals surface area (Å²) in [6, 6.07) is 59.2. The topological polar surface area (TPSA) is 299 Å². The molecule has 16 rings (SSSR count). The van der Waals surface area contributed by atoms with E-state index < -0.39 is 0 Å². The molecule has 0 bridgehead atoms. The number of fused-ring (bicyclic) bond motifs is 3. The van der Waals surface area contributed by atoms with Crippen molar-refractivity contribution >= 4 is 97.0 Å². The van der Waals surface area contributed by atoms with Crippen molar-refractivity contribution < 1.29 is 23.7 Å². The van der Waals surface area contributed by atoms with E-state index in [1.807, 2.05) is 192 Å². The van der Waals surface area contributed by atoms with E-state index >= 15 is 0 Å². The molecule has 7 aromatic carbocycles. The molecule has 1 aliphatic heterocycles. The van der Waals surface area contributed by atoms with Crippen molar-refractivity contribution in [2.45, 2.75) is 41.5 Å². The van der Waals surface area contributed by atoms with E-state index in [1.54, 1.807) is 74.1 Å². The van der Waals surface area contributed by atoms with Crippen LogP contribution < -0.4 is 39.8 Å². The molecular formula is C88H73Cl2N19O5. The largest absolute Gasteiger partial charge is 0.495 e. The SMILES string of the molecule is COc1cccc(-c2cc(C)c(Oc3nc(Nc4ccc(C#N)cc4)nc4ccn(C)c34)c(C)c2)c1C#N.Cc1cc(-c2cccnc2Cl)cc(C)c1Oc1nc(Nc2ccc(C#N)cc2)nc2ccn(C)c12.Cc1cc(-c2ccnc(N3CCOCC3)c2Cl)cc(C)c1Oc1nc(Nc2ccc(C#N)cc2)nc2ccn(C)c12. The van der Waals surface area contributed by atoms with Crippen LogP contribution in [0.2, 0.25) is 10.2 Å². The van der Waals surface area contributed by atoms with Gasteiger partial charge < -0.3 is 58.2 Å². The molecule has 0 saturated carbocycles. The number of aryl methyl sites for hydroxylation is 9. The summed E-state index contributed by atoms with van der Waals surface area (Å²) < 4.78 is 36.1. The molecule has 8 aromatic heterocycles. The molecule has 114 heavy (non-hydrogen) atoms. The van der Waals surface area contributed by atoms with Crippen molar-refractivity contribution in [1.29, 1.82) is 21.0 Å². The number of benzene rings is 7. The molecular weight excluding hydrogens is 1470 g/mol. The fourth-order valence-electron chi connectivity index (χ4n) is 13.5. The first-order valence-electron chi connectivity index (χ1n) is 36.1. The maximum atomic E-state index is 9.75. The molecule has 0 spiro atoms. The van der Waals surface area contributed by atoms with E-state index in [0.29, 0.717) is 92.6 Å². The van der Waals surface area contributed by atoms with Crippen LogP contribution in [0.5, 0.6) is 40.6 Å². The molecule has 0 radical (unpaired) electrons. The first-order valence-corrected chi connectivity index (χ1v) is 36.8. The fraction of sp³-hybridized carbons (Fsp3) is 0.159. The summed E-state index contributed by atoms with van der Waals surface area (Å²) in [6.07, 6.45) is 9.24. The highest BCUT2D eigenvalue weighted by molar-refractivity contribution is 6.35. The van der Waals surface area contributed by atoms with Crippen LogP contribution in [0.15, 0.2) is 195 Å². The number of morpholine rings is 1. The van der Waals surface area contributed by atoms with Crippen LogP contribution in [0.3, 0.4) is 0 Å². The average Bonchev–Trinajstić information content (AvgIpc) is 1.61. The first-order chi connectivity index (χ1) is 55.2. The van der Waals surface area contributed by atoms with Gasteiger partial charge in [-0.15, -0.1) is 0 Å². The zero-order valence-corrected chi connectivity index (χ0v) is 65.3. The molecule has 26 heteroatoms. The number of hydrogen-bond acceptors (Lipinski definition) is 21. The summed E-state index contributed by atoms with van der Waals surface area (Å²) in [7, 11) is 7.34. The minimum absolute atomic E-state index is 0.380. The summed E-state index contributed by atoms with van der Waals surface area (Å²) >= 11 is 13.2. The number of pyridine rings is 2. The van der Waals surface area contributed by atoms with Crippen LogP contribution in [0.1, 0.15) is 55.6 Å². The van der Waals surface area contributed by atoms with Crippen LogP contribution in [0.4, 0.5) is 40.7 Å². The Hall–Kier alpha value is -14.4. The maximum absolute atomic E-state index is 9.75. The van der Waals surface area contributed by atoms with Gasteiger partial charge in [-0.25, -0.2) is 24.9 Å². The first kappa shape index (κ1) is 76.4. The summed E-state index contributed by atoms with van der Waals surface area (Å²) in [5.41, 5.74) is 20.1. The van der Waals surface area contributed by atoms with Crippen molar-refractivity contribution in [2.75, 3.05) is 54.3 Å². The standard InChI is InChI=1S/C31H28ClN7O2.C30H24N6O2.C27H21ClN6O/c1-19-16-22(24-8-10-34-29(26(24)32)39-12-14-40-15-13-39)17-20(2)28(19)41-30-27-25(9-11-38(27)3)36-31(37-30)35-23-6-4-21(18-33)5-7-23;1-18-14-21(23-6-5-7-26(37-4)24(23)17-32)15-19(2)28(18)38-29-27-25(12-13-36(27)3)34-30(35-29)33-22-10-8-20(16-31)9-11-22;1-16-13-19(21-5-4-11-30-25(21)28)14-17(2)24(16)35-26-23-22(10-12-34(23)3)32-27(33-26)31-20-8-6-18(15-29)7-9-20/h4-11,16-17H,12-15H2,1-3H3,(H,35,36,37);5-15H,1-4H3,(H,33,34,35);4-14H,1-3H3,(H,31,32,33). The third-order valence-corrected chi connectivity index (χ3v) is 19.8. The summed E-state index contributed by atoms with van der Waals surface area (Å²) in [6.45, 7) is 14.8. The summed E-state index contributed by atoms with van der Waals surface area (Å²) in [5, 5.41) is 47.7. The van der Waals surface area contributed by atoms with E-state index in [0.717, 1.165) is 147 Å². The minimum Gasteiger partial charge on any atom is -0.495 e. The van der Waals surface area contributed by atoms with Gasteiger partial charge in [0.2, 0.25) is 35.5 Å². The molecule has 24 nitrogen and oxygen atoms in total. The predicted octanol–water partition coefficient (Wildman–Crippen LogP) is 19.8. The fourth-order valence-corrected chi connectivity index (χ4v) is 14.1. The number of hydrogen-bond donors (Lipinski definition) is 3. The number of anilines is 7. The van der Waals surface area contributed by atoms with Crippen LogP contribution in [0.25, 0.3) is 66.5 Å². The number of ether oxygens (including phenoxy) is 5. The lowest BCUT2D eigenvalue weighted by molar-refractivity contribution is 0.122. The van der Waals surface area contributed by atoms with Gasteiger partial charge in [0.25, 0.3) is 0 Å². The molecule has 3 N–H and O–H groups in total. The highest BCUT2D eigenvalue weighted by Gasteiger charge is 2.24.